The summed E-state index contributed by atoms with van der Waals surface area (Å²) in [4.78, 5) is 11.1. The predicted octanol–water partition coefficient (Wildman–Crippen LogP) is 2.92. The summed E-state index contributed by atoms with van der Waals surface area (Å²) in [5, 5.41) is 9.06. The fourth-order valence-electron chi connectivity index (χ4n) is 2.58. The second kappa shape index (κ2) is 6.46. The average molecular weight is 376 g/mol. The molecular formula is C14H18BrNO4S. The van der Waals surface area contributed by atoms with Gasteiger partial charge in [0.1, 0.15) is 0 Å². The molecule has 1 aliphatic carbocycles. The smallest absolute Gasteiger partial charge is 0.335 e. The van der Waals surface area contributed by atoms with E-state index in [1.54, 1.807) is 6.92 Å². The fraction of sp³-hybridized carbons (Fsp3) is 0.500. The molecule has 1 aliphatic rings. The van der Waals surface area contributed by atoms with Gasteiger partial charge in [0.15, 0.2) is 0 Å². The molecule has 2 N–H and O–H groups in total. The minimum absolute atomic E-state index is 0.0158. The predicted molar refractivity (Wildman–Crippen MR) is 83.0 cm³/mol. The van der Waals surface area contributed by atoms with Gasteiger partial charge in [0.2, 0.25) is 10.0 Å². The first kappa shape index (κ1) is 16.5. The second-order valence-corrected chi connectivity index (χ2v) is 7.94. The molecule has 0 heterocycles. The maximum absolute atomic E-state index is 12.4. The van der Waals surface area contributed by atoms with Crippen LogP contribution in [0.25, 0.3) is 0 Å². The number of aryl methyl sites for hydroxylation is 1. The molecule has 21 heavy (non-hydrogen) atoms. The van der Waals surface area contributed by atoms with E-state index < -0.39 is 16.0 Å². The van der Waals surface area contributed by atoms with Gasteiger partial charge in [0, 0.05) is 11.0 Å². The zero-order chi connectivity index (χ0) is 15.6. The molecule has 5 nitrogen and oxygen atoms in total. The summed E-state index contributed by atoms with van der Waals surface area (Å²) >= 11 is 3.24. The summed E-state index contributed by atoms with van der Waals surface area (Å²) in [5.74, 6) is -0.764. The molecule has 0 amide bonds. The van der Waals surface area contributed by atoms with E-state index in [0.717, 1.165) is 25.7 Å². The van der Waals surface area contributed by atoms with E-state index in [1.807, 2.05) is 0 Å². The van der Waals surface area contributed by atoms with Crippen molar-refractivity contribution in [3.63, 3.8) is 0 Å². The largest absolute Gasteiger partial charge is 0.478 e. The Morgan fingerprint density at radius 2 is 2.00 bits per heavy atom. The summed E-state index contributed by atoms with van der Waals surface area (Å²) < 4.78 is 27.8. The van der Waals surface area contributed by atoms with Gasteiger partial charge in [-0.1, -0.05) is 12.8 Å². The number of carbonyl (C=O) groups is 1. The van der Waals surface area contributed by atoms with Crippen LogP contribution in [0.3, 0.4) is 0 Å². The summed E-state index contributed by atoms with van der Waals surface area (Å²) in [6.07, 6.45) is 4.36. The topological polar surface area (TPSA) is 83.5 Å². The first-order valence-corrected chi connectivity index (χ1v) is 9.12. The van der Waals surface area contributed by atoms with Gasteiger partial charge in [-0.2, -0.15) is 0 Å². The molecule has 2 rings (SSSR count). The number of hydrogen-bond donors (Lipinski definition) is 2. The van der Waals surface area contributed by atoms with E-state index in [-0.39, 0.29) is 10.5 Å². The summed E-state index contributed by atoms with van der Waals surface area (Å²) in [7, 11) is -3.72. The van der Waals surface area contributed by atoms with Crippen LogP contribution in [0.15, 0.2) is 21.5 Å². The van der Waals surface area contributed by atoms with E-state index in [1.165, 1.54) is 12.1 Å². The molecule has 0 radical (unpaired) electrons. The Morgan fingerprint density at radius 1 is 1.38 bits per heavy atom. The first-order chi connectivity index (χ1) is 9.81. The fourth-order valence-corrected chi connectivity index (χ4v) is 4.73. The van der Waals surface area contributed by atoms with Gasteiger partial charge in [-0.15, -0.1) is 0 Å². The van der Waals surface area contributed by atoms with Crippen molar-refractivity contribution in [1.29, 1.82) is 0 Å². The van der Waals surface area contributed by atoms with Crippen LogP contribution in [0.4, 0.5) is 0 Å². The molecule has 0 spiro atoms. The van der Waals surface area contributed by atoms with Crippen LogP contribution in [0.5, 0.6) is 0 Å². The van der Waals surface area contributed by atoms with Crippen LogP contribution in [0.1, 0.15) is 41.6 Å². The number of carboxylic acid groups (broad SMARTS) is 1. The third kappa shape index (κ3) is 3.84. The number of hydrogen-bond acceptors (Lipinski definition) is 3. The van der Waals surface area contributed by atoms with Crippen molar-refractivity contribution in [3.8, 4) is 0 Å². The van der Waals surface area contributed by atoms with E-state index >= 15 is 0 Å². The Balaban J connectivity index is 2.27. The molecule has 0 aromatic heterocycles. The Morgan fingerprint density at radius 3 is 2.57 bits per heavy atom. The van der Waals surface area contributed by atoms with Gasteiger partial charge in [-0.05, 0) is 59.3 Å². The van der Waals surface area contributed by atoms with Crippen LogP contribution in [-0.2, 0) is 10.0 Å². The SMILES string of the molecule is Cc1cc(C(=O)O)cc(S(=O)(=O)NCC2CCCC2)c1Br. The summed E-state index contributed by atoms with van der Waals surface area (Å²) in [6, 6.07) is 2.64. The molecule has 116 valence electrons. The van der Waals surface area contributed by atoms with Crippen LogP contribution in [0, 0.1) is 12.8 Å². The van der Waals surface area contributed by atoms with Crippen LogP contribution in [-0.4, -0.2) is 26.0 Å². The van der Waals surface area contributed by atoms with Crippen molar-refractivity contribution in [2.45, 2.75) is 37.5 Å². The molecule has 0 unspecified atom stereocenters. The van der Waals surface area contributed by atoms with Crippen molar-refractivity contribution >= 4 is 31.9 Å². The maximum atomic E-state index is 12.4. The van der Waals surface area contributed by atoms with Crippen molar-refractivity contribution in [3.05, 3.63) is 27.7 Å². The van der Waals surface area contributed by atoms with Gasteiger partial charge in [0.05, 0.1) is 10.5 Å². The van der Waals surface area contributed by atoms with Crippen molar-refractivity contribution < 1.29 is 18.3 Å². The molecular weight excluding hydrogens is 358 g/mol. The molecule has 0 saturated heterocycles. The standard InChI is InChI=1S/C14H18BrNO4S/c1-9-6-11(14(17)18)7-12(13(9)15)21(19,20)16-8-10-4-2-3-5-10/h6-7,10,16H,2-5,8H2,1H3,(H,17,18). The third-order valence-electron chi connectivity index (χ3n) is 3.79. The molecule has 1 saturated carbocycles. The van der Waals surface area contributed by atoms with Crippen molar-refractivity contribution in [2.24, 2.45) is 5.92 Å². The highest BCUT2D eigenvalue weighted by molar-refractivity contribution is 9.10. The molecule has 0 aliphatic heterocycles. The van der Waals surface area contributed by atoms with Crippen LogP contribution in [0.2, 0.25) is 0 Å². The second-order valence-electron chi connectivity index (χ2n) is 5.41. The molecule has 1 fully saturated rings. The number of rotatable bonds is 5. The average Bonchev–Trinajstić information content (AvgIpc) is 2.92. The number of halogens is 1. The monoisotopic (exact) mass is 375 g/mol. The lowest BCUT2D eigenvalue weighted by Crippen LogP contribution is -2.29. The quantitative estimate of drug-likeness (QED) is 0.828. The van der Waals surface area contributed by atoms with Gasteiger partial charge in [-0.25, -0.2) is 17.9 Å². The van der Waals surface area contributed by atoms with Crippen molar-refractivity contribution in [1.82, 2.24) is 4.72 Å². The van der Waals surface area contributed by atoms with Gasteiger partial charge >= 0.3 is 5.97 Å². The third-order valence-corrected chi connectivity index (χ3v) is 6.56. The number of nitrogens with one attached hydrogen (secondary N) is 1. The summed E-state index contributed by atoms with van der Waals surface area (Å²) in [5.41, 5.74) is 0.549. The first-order valence-electron chi connectivity index (χ1n) is 6.84. The van der Waals surface area contributed by atoms with Crippen molar-refractivity contribution in [2.75, 3.05) is 6.54 Å². The zero-order valence-corrected chi connectivity index (χ0v) is 14.1. The van der Waals surface area contributed by atoms with Gasteiger partial charge in [-0.3, -0.25) is 0 Å². The van der Waals surface area contributed by atoms with E-state index in [9.17, 15) is 13.2 Å². The number of carboxylic acids is 1. The lowest BCUT2D eigenvalue weighted by atomic mass is 10.1. The van der Waals surface area contributed by atoms with Gasteiger partial charge < -0.3 is 5.11 Å². The van der Waals surface area contributed by atoms with E-state index in [0.29, 0.717) is 22.5 Å². The minimum Gasteiger partial charge on any atom is -0.478 e. The van der Waals surface area contributed by atoms with Crippen LogP contribution < -0.4 is 4.72 Å². The molecule has 0 bridgehead atoms. The molecule has 1 aromatic carbocycles. The Labute approximate surface area is 132 Å². The maximum Gasteiger partial charge on any atom is 0.335 e. The molecule has 0 atom stereocenters. The highest BCUT2D eigenvalue weighted by Crippen LogP contribution is 2.28. The summed E-state index contributed by atoms with van der Waals surface area (Å²) in [6.45, 7) is 2.08. The van der Waals surface area contributed by atoms with Crippen LogP contribution >= 0.6 is 15.9 Å². The lowest BCUT2D eigenvalue weighted by Gasteiger charge is -2.14. The number of sulfonamides is 1. The number of benzene rings is 1. The molecule has 1 aromatic rings. The molecule has 7 heteroatoms. The lowest BCUT2D eigenvalue weighted by molar-refractivity contribution is 0.0696. The highest BCUT2D eigenvalue weighted by Gasteiger charge is 2.23. The zero-order valence-electron chi connectivity index (χ0n) is 11.7. The normalized spacial score (nSPS) is 16.3. The van der Waals surface area contributed by atoms with Gasteiger partial charge in [0.25, 0.3) is 0 Å². The minimum atomic E-state index is -3.72. The van der Waals surface area contributed by atoms with E-state index in [4.69, 9.17) is 5.11 Å². The Bertz CT molecular complexity index is 651. The van der Waals surface area contributed by atoms with E-state index in [2.05, 4.69) is 20.7 Å². The number of aromatic carboxylic acids is 1. The Kier molecular flexibility index (Phi) is 5.06. The Hall–Kier alpha value is -0.920. The highest BCUT2D eigenvalue weighted by atomic mass is 79.9.